The van der Waals surface area contributed by atoms with Gasteiger partial charge in [-0.25, -0.2) is 0 Å². The summed E-state index contributed by atoms with van der Waals surface area (Å²) in [6.45, 7) is 34.2. The first-order valence-electron chi connectivity index (χ1n) is 11.1. The average Bonchev–Trinajstić information content (AvgIpc) is 2.24. The fraction of sp³-hybridized carbons (Fsp3) is 1.00. The van der Waals surface area contributed by atoms with Crippen LogP contribution in [0.15, 0.2) is 0 Å². The Hall–Kier alpha value is 1.24. The number of hydrogen-bond acceptors (Lipinski definition) is 7. The first kappa shape index (κ1) is 32.2. The van der Waals surface area contributed by atoms with Crippen LogP contribution in [0.5, 0.6) is 0 Å². The quantitative estimate of drug-likeness (QED) is 0.235. The third-order valence-corrected chi connectivity index (χ3v) is 25.3. The molecule has 0 atom stereocenters. The predicted octanol–water partition coefficient (Wildman–Crippen LogP) is 6.17. The second-order valence-electron chi connectivity index (χ2n) is 12.1. The molecule has 0 unspecified atom stereocenters. The van der Waals surface area contributed by atoms with Gasteiger partial charge in [0.05, 0.1) is 0 Å². The lowest BCUT2D eigenvalue weighted by atomic mass is 10.9. The van der Waals surface area contributed by atoms with E-state index in [9.17, 15) is 0 Å². The lowest BCUT2D eigenvalue weighted by Crippen LogP contribution is -2.67. The summed E-state index contributed by atoms with van der Waals surface area (Å²) in [5, 5.41) is 0. The molecule has 0 spiro atoms. The van der Waals surface area contributed by atoms with Gasteiger partial charge in [-0.2, -0.15) is 0 Å². The van der Waals surface area contributed by atoms with Crippen LogP contribution in [0.1, 0.15) is 6.92 Å². The molecular formula is C17H50O7Si7. The van der Waals surface area contributed by atoms with Gasteiger partial charge in [0.25, 0.3) is 0 Å². The molecule has 0 rings (SSSR count). The standard InChI is InChI=1S/C17H50O7Si7/c1-17-18-28(11,12)22-29(13,14)23-30(15,16)24-31(19-25(2,3)4,20-26(5,6)7)21-27(8,9)10/h17H2,1-16H3. The second-order valence-corrected chi connectivity index (χ2v) is 39.3. The molecule has 0 aliphatic heterocycles. The van der Waals surface area contributed by atoms with E-state index in [1.54, 1.807) is 0 Å². The van der Waals surface area contributed by atoms with Crippen LogP contribution < -0.4 is 0 Å². The maximum atomic E-state index is 6.79. The topological polar surface area (TPSA) is 64.6 Å². The van der Waals surface area contributed by atoms with E-state index in [4.69, 9.17) is 29.1 Å². The Kier molecular flexibility index (Phi) is 11.3. The van der Waals surface area contributed by atoms with Crippen molar-refractivity contribution in [3.05, 3.63) is 0 Å². The Morgan fingerprint density at radius 1 is 0.387 bits per heavy atom. The Morgan fingerprint density at radius 2 is 0.677 bits per heavy atom. The van der Waals surface area contributed by atoms with Crippen molar-refractivity contribution in [1.29, 1.82) is 0 Å². The molecule has 0 amide bonds. The highest BCUT2D eigenvalue weighted by Gasteiger charge is 2.58. The summed E-state index contributed by atoms with van der Waals surface area (Å²) in [6, 6.07) is 0. The molecule has 0 aromatic rings. The van der Waals surface area contributed by atoms with Crippen LogP contribution >= 0.6 is 0 Å². The predicted molar refractivity (Wildman–Crippen MR) is 146 cm³/mol. The molecule has 0 aromatic heterocycles. The minimum atomic E-state index is -3.44. The zero-order valence-corrected chi connectivity index (χ0v) is 30.1. The van der Waals surface area contributed by atoms with Crippen LogP contribution in [0.4, 0.5) is 0 Å². The second kappa shape index (κ2) is 10.9. The van der Waals surface area contributed by atoms with E-state index in [-0.39, 0.29) is 0 Å². The third kappa shape index (κ3) is 15.7. The van der Waals surface area contributed by atoms with Gasteiger partial charge in [0, 0.05) is 6.61 Å². The summed E-state index contributed by atoms with van der Waals surface area (Å²) in [4.78, 5) is 0. The van der Waals surface area contributed by atoms with Gasteiger partial charge in [-0.3, -0.25) is 0 Å². The van der Waals surface area contributed by atoms with Gasteiger partial charge < -0.3 is 29.1 Å². The Labute approximate surface area is 200 Å². The summed E-state index contributed by atoms with van der Waals surface area (Å²) in [5.41, 5.74) is 0. The lowest BCUT2D eigenvalue weighted by Gasteiger charge is -2.45. The lowest BCUT2D eigenvalue weighted by molar-refractivity contribution is 0.132. The molecule has 0 saturated carbocycles. The zero-order chi connectivity index (χ0) is 25.2. The van der Waals surface area contributed by atoms with Gasteiger partial charge in [0.2, 0.25) is 0 Å². The summed E-state index contributed by atoms with van der Waals surface area (Å²) in [5.74, 6) is 0. The van der Waals surface area contributed by atoms with Gasteiger partial charge in [-0.05, 0) is 105 Å². The van der Waals surface area contributed by atoms with E-state index in [1.165, 1.54) is 0 Å². The van der Waals surface area contributed by atoms with Crippen molar-refractivity contribution in [2.24, 2.45) is 0 Å². The van der Waals surface area contributed by atoms with Crippen molar-refractivity contribution in [2.75, 3.05) is 6.61 Å². The van der Waals surface area contributed by atoms with Crippen molar-refractivity contribution in [3.8, 4) is 0 Å². The molecule has 31 heavy (non-hydrogen) atoms. The molecule has 7 nitrogen and oxygen atoms in total. The van der Waals surface area contributed by atoms with Crippen LogP contribution in [0.2, 0.25) is 98.2 Å². The highest BCUT2D eigenvalue weighted by Crippen LogP contribution is 2.31. The van der Waals surface area contributed by atoms with E-state index < -0.39 is 59.7 Å². The van der Waals surface area contributed by atoms with E-state index in [2.05, 4.69) is 85.1 Å². The van der Waals surface area contributed by atoms with Crippen molar-refractivity contribution in [1.82, 2.24) is 0 Å². The molecule has 14 heteroatoms. The summed E-state index contributed by atoms with van der Waals surface area (Å²) < 4.78 is 45.7. The van der Waals surface area contributed by atoms with Crippen LogP contribution in [0, 0.1) is 0 Å². The number of rotatable bonds is 14. The Morgan fingerprint density at radius 3 is 0.968 bits per heavy atom. The SMILES string of the molecule is CCO[Si](C)(C)O[Si](C)(C)O[Si](C)(C)O[Si](O[Si](C)(C)C)(O[Si](C)(C)C)O[Si](C)(C)C. The smallest absolute Gasteiger partial charge is 0.416 e. The first-order valence-corrected chi connectivity index (χ1v) is 31.5. The van der Waals surface area contributed by atoms with Crippen molar-refractivity contribution >= 4 is 59.7 Å². The maximum absolute atomic E-state index is 6.79. The first-order chi connectivity index (χ1) is 13.3. The van der Waals surface area contributed by atoms with Crippen LogP contribution in [0.25, 0.3) is 0 Å². The Bertz CT molecular complexity index is 526. The van der Waals surface area contributed by atoms with Gasteiger partial charge in [-0.1, -0.05) is 0 Å². The molecule has 0 radical (unpaired) electrons. The zero-order valence-electron chi connectivity index (χ0n) is 23.1. The van der Waals surface area contributed by atoms with Crippen molar-refractivity contribution < 1.29 is 29.1 Å². The summed E-state index contributed by atoms with van der Waals surface area (Å²) >= 11 is 0. The van der Waals surface area contributed by atoms with Gasteiger partial charge in [-0.15, -0.1) is 0 Å². The molecular weight excluding hydrogens is 513 g/mol. The van der Waals surface area contributed by atoms with E-state index in [0.717, 1.165) is 0 Å². The fourth-order valence-electron chi connectivity index (χ4n) is 3.15. The van der Waals surface area contributed by atoms with Crippen LogP contribution in [0.3, 0.4) is 0 Å². The molecule has 0 aliphatic carbocycles. The highest BCUT2D eigenvalue weighted by atomic mass is 28.6. The molecule has 0 aliphatic rings. The molecule has 0 aromatic carbocycles. The Balaban J connectivity index is 6.01. The molecule has 0 N–H and O–H groups in total. The van der Waals surface area contributed by atoms with Gasteiger partial charge in [0.15, 0.2) is 25.0 Å². The molecule has 0 saturated heterocycles. The van der Waals surface area contributed by atoms with E-state index >= 15 is 0 Å². The molecule has 188 valence electrons. The van der Waals surface area contributed by atoms with Crippen LogP contribution in [-0.4, -0.2) is 66.3 Å². The summed E-state index contributed by atoms with van der Waals surface area (Å²) in [6.07, 6.45) is 0. The molecule has 0 fully saturated rings. The van der Waals surface area contributed by atoms with E-state index in [1.807, 2.05) is 20.0 Å². The molecule has 0 bridgehead atoms. The monoisotopic (exact) mass is 562 g/mol. The fourth-order valence-corrected chi connectivity index (χ4v) is 29.3. The average molecular weight is 563 g/mol. The third-order valence-electron chi connectivity index (χ3n) is 3.14. The number of hydrogen-bond donors (Lipinski definition) is 0. The largest absolute Gasteiger partial charge is 0.638 e. The van der Waals surface area contributed by atoms with Crippen molar-refractivity contribution in [3.63, 3.8) is 0 Å². The minimum absolute atomic E-state index is 0.634. The van der Waals surface area contributed by atoms with E-state index in [0.29, 0.717) is 6.61 Å². The summed E-state index contributed by atoms with van der Waals surface area (Å²) in [7, 11) is -17.1. The van der Waals surface area contributed by atoms with Crippen LogP contribution in [-0.2, 0) is 29.1 Å². The normalized spacial score (nSPS) is 15.5. The maximum Gasteiger partial charge on any atom is 0.638 e. The highest BCUT2D eigenvalue weighted by molar-refractivity contribution is 6.92. The minimum Gasteiger partial charge on any atom is -0.416 e. The molecule has 0 heterocycles. The van der Waals surface area contributed by atoms with Gasteiger partial charge in [0.1, 0.15) is 0 Å². The van der Waals surface area contributed by atoms with Crippen molar-refractivity contribution in [2.45, 2.75) is 105 Å². The van der Waals surface area contributed by atoms with Gasteiger partial charge >= 0.3 is 34.7 Å².